The van der Waals surface area contributed by atoms with Crippen molar-refractivity contribution in [3.8, 4) is 11.1 Å². The van der Waals surface area contributed by atoms with Crippen molar-refractivity contribution >= 4 is 75.4 Å². The van der Waals surface area contributed by atoms with Crippen molar-refractivity contribution in [1.82, 2.24) is 16.0 Å². The first kappa shape index (κ1) is 29.0. The SMILES string of the molecule is c1ccc(C2NC(c3ccc4sc5ccc(-c6cccc7c6oc6ccccc67)cc5c4c3)NC(c3cccc4c3oc3ccccc34)N2)cc1. The van der Waals surface area contributed by atoms with E-state index in [9.17, 15) is 0 Å². The summed E-state index contributed by atoms with van der Waals surface area (Å²) in [6.07, 6.45) is -0.391. The minimum Gasteiger partial charge on any atom is -0.456 e. The van der Waals surface area contributed by atoms with Crippen molar-refractivity contribution in [2.45, 2.75) is 18.5 Å². The van der Waals surface area contributed by atoms with E-state index in [2.05, 4.69) is 143 Å². The fourth-order valence-corrected chi connectivity index (χ4v) is 9.03. The Labute approximate surface area is 297 Å². The van der Waals surface area contributed by atoms with Gasteiger partial charge in [0.1, 0.15) is 22.3 Å². The predicted octanol–water partition coefficient (Wildman–Crippen LogP) is 11.7. The van der Waals surface area contributed by atoms with Gasteiger partial charge in [0.2, 0.25) is 0 Å². The van der Waals surface area contributed by atoms with Crippen LogP contribution >= 0.6 is 11.3 Å². The molecule has 3 N–H and O–H groups in total. The lowest BCUT2D eigenvalue weighted by molar-refractivity contribution is 0.203. The van der Waals surface area contributed by atoms with Crippen LogP contribution in [0.5, 0.6) is 0 Å². The van der Waals surface area contributed by atoms with E-state index in [-0.39, 0.29) is 18.5 Å². The van der Waals surface area contributed by atoms with Crippen molar-refractivity contribution < 1.29 is 8.83 Å². The van der Waals surface area contributed by atoms with E-state index in [4.69, 9.17) is 8.83 Å². The first-order valence-corrected chi connectivity index (χ1v) is 18.2. The molecule has 7 aromatic carbocycles. The molecular formula is C45H31N3O2S. The summed E-state index contributed by atoms with van der Waals surface area (Å²) in [5.41, 5.74) is 9.35. The van der Waals surface area contributed by atoms with Gasteiger partial charge in [0.15, 0.2) is 0 Å². The van der Waals surface area contributed by atoms with Crippen LogP contribution < -0.4 is 16.0 Å². The molecule has 1 aliphatic rings. The molecule has 11 rings (SSSR count). The van der Waals surface area contributed by atoms with Crippen LogP contribution in [0.4, 0.5) is 0 Å². The molecular weight excluding hydrogens is 647 g/mol. The summed E-state index contributed by atoms with van der Waals surface area (Å²) < 4.78 is 15.5. The van der Waals surface area contributed by atoms with Gasteiger partial charge in [-0.15, -0.1) is 11.3 Å². The fourth-order valence-electron chi connectivity index (χ4n) is 7.97. The molecule has 4 heterocycles. The van der Waals surface area contributed by atoms with E-state index in [1.54, 1.807) is 0 Å². The van der Waals surface area contributed by atoms with Gasteiger partial charge >= 0.3 is 0 Å². The molecule has 3 unspecified atom stereocenters. The summed E-state index contributed by atoms with van der Waals surface area (Å²) in [7, 11) is 0. The molecule has 10 aromatic rings. The van der Waals surface area contributed by atoms with Crippen molar-refractivity contribution in [3.63, 3.8) is 0 Å². The van der Waals surface area contributed by atoms with E-state index >= 15 is 0 Å². The Hall–Kier alpha value is -5.76. The topological polar surface area (TPSA) is 62.4 Å². The number of furan rings is 2. The van der Waals surface area contributed by atoms with Gasteiger partial charge in [0.25, 0.3) is 0 Å². The number of benzene rings is 7. The molecule has 1 aliphatic heterocycles. The van der Waals surface area contributed by atoms with Crippen LogP contribution in [0, 0.1) is 0 Å². The molecule has 0 aliphatic carbocycles. The van der Waals surface area contributed by atoms with Crippen LogP contribution in [0.15, 0.2) is 160 Å². The summed E-state index contributed by atoms with van der Waals surface area (Å²) in [5.74, 6) is 0. The van der Waals surface area contributed by atoms with Gasteiger partial charge in [0.05, 0.1) is 18.5 Å². The van der Waals surface area contributed by atoms with E-state index < -0.39 is 0 Å². The third-order valence-electron chi connectivity index (χ3n) is 10.4. The molecule has 1 saturated heterocycles. The summed E-state index contributed by atoms with van der Waals surface area (Å²) in [4.78, 5) is 0. The maximum Gasteiger partial charge on any atom is 0.143 e. The van der Waals surface area contributed by atoms with Crippen LogP contribution in [0.1, 0.15) is 35.2 Å². The predicted molar refractivity (Wildman–Crippen MR) is 210 cm³/mol. The molecule has 1 fully saturated rings. The fraction of sp³-hybridized carbons (Fsp3) is 0.0667. The minimum atomic E-state index is -0.170. The highest BCUT2D eigenvalue weighted by molar-refractivity contribution is 7.25. The minimum absolute atomic E-state index is 0.0899. The van der Waals surface area contributed by atoms with Crippen molar-refractivity contribution in [2.75, 3.05) is 0 Å². The molecule has 0 saturated carbocycles. The van der Waals surface area contributed by atoms with Crippen molar-refractivity contribution in [1.29, 1.82) is 0 Å². The van der Waals surface area contributed by atoms with E-state index in [0.29, 0.717) is 0 Å². The van der Waals surface area contributed by atoms with Crippen LogP contribution in [0.25, 0.3) is 75.2 Å². The Morgan fingerprint density at radius 2 is 1.00 bits per heavy atom. The molecule has 244 valence electrons. The summed E-state index contributed by atoms with van der Waals surface area (Å²) in [6.45, 7) is 0. The molecule has 3 aromatic heterocycles. The number of para-hydroxylation sites is 4. The number of hydrogen-bond acceptors (Lipinski definition) is 6. The van der Waals surface area contributed by atoms with Crippen LogP contribution in [-0.4, -0.2) is 0 Å². The highest BCUT2D eigenvalue weighted by Gasteiger charge is 2.31. The first-order chi connectivity index (χ1) is 25.2. The number of nitrogens with one attached hydrogen (secondary N) is 3. The average molecular weight is 678 g/mol. The molecule has 3 atom stereocenters. The Morgan fingerprint density at radius 1 is 0.412 bits per heavy atom. The standard InChI is InChI=1S/C45H31N3O2S/c1-2-10-26(11-3-1)43-46-44(48-45(47-43)34-17-9-16-33-31-13-5-7-19-38(31)50-42(33)34)28-21-23-40-36(25-28)35-24-27(20-22-39(35)51-40)29-14-8-15-32-30-12-4-6-18-37(30)49-41(29)32/h1-25,43-48H. The smallest absolute Gasteiger partial charge is 0.143 e. The van der Waals surface area contributed by atoms with Gasteiger partial charge < -0.3 is 8.83 Å². The second-order valence-corrected chi connectivity index (χ2v) is 14.5. The van der Waals surface area contributed by atoms with Crippen molar-refractivity contribution in [2.24, 2.45) is 0 Å². The zero-order valence-electron chi connectivity index (χ0n) is 27.4. The maximum absolute atomic E-state index is 6.50. The quantitative estimate of drug-likeness (QED) is 0.173. The van der Waals surface area contributed by atoms with Gasteiger partial charge in [-0.25, -0.2) is 0 Å². The van der Waals surface area contributed by atoms with Gasteiger partial charge in [-0.2, -0.15) is 0 Å². The highest BCUT2D eigenvalue weighted by Crippen LogP contribution is 2.42. The Bertz CT molecular complexity index is 2940. The van der Waals surface area contributed by atoms with E-state index in [1.807, 2.05) is 35.6 Å². The third-order valence-corrected chi connectivity index (χ3v) is 11.6. The third kappa shape index (κ3) is 4.65. The second-order valence-electron chi connectivity index (χ2n) is 13.4. The normalized spacial score (nSPS) is 18.2. The second kappa shape index (κ2) is 11.4. The van der Waals surface area contributed by atoms with Crippen LogP contribution in [-0.2, 0) is 0 Å². The molecule has 5 nitrogen and oxygen atoms in total. The lowest BCUT2D eigenvalue weighted by Gasteiger charge is -2.39. The molecule has 0 bridgehead atoms. The first-order valence-electron chi connectivity index (χ1n) is 17.4. The lowest BCUT2D eigenvalue weighted by Crippen LogP contribution is -2.54. The Kier molecular flexibility index (Phi) is 6.48. The van der Waals surface area contributed by atoms with Crippen LogP contribution in [0.2, 0.25) is 0 Å². The average Bonchev–Trinajstić information content (AvgIpc) is 3.89. The summed E-state index contributed by atoms with van der Waals surface area (Å²) in [5, 5.41) is 18.7. The highest BCUT2D eigenvalue weighted by atomic mass is 32.1. The maximum atomic E-state index is 6.50. The molecule has 51 heavy (non-hydrogen) atoms. The zero-order valence-corrected chi connectivity index (χ0v) is 28.2. The Morgan fingerprint density at radius 3 is 1.78 bits per heavy atom. The number of fused-ring (bicyclic) bond motifs is 9. The van der Waals surface area contributed by atoms with Gasteiger partial charge in [-0.1, -0.05) is 115 Å². The molecule has 0 spiro atoms. The van der Waals surface area contributed by atoms with Crippen molar-refractivity contribution in [3.05, 3.63) is 168 Å². The number of rotatable bonds is 4. The largest absolute Gasteiger partial charge is 0.456 e. The number of hydrogen-bond donors (Lipinski definition) is 3. The van der Waals surface area contributed by atoms with Gasteiger partial charge in [-0.3, -0.25) is 16.0 Å². The van der Waals surface area contributed by atoms with Crippen LogP contribution in [0.3, 0.4) is 0 Å². The zero-order chi connectivity index (χ0) is 33.5. The molecule has 0 radical (unpaired) electrons. The monoisotopic (exact) mass is 677 g/mol. The van der Waals surface area contributed by atoms with E-state index in [0.717, 1.165) is 60.6 Å². The van der Waals surface area contributed by atoms with Gasteiger partial charge in [-0.05, 0) is 53.1 Å². The van der Waals surface area contributed by atoms with E-state index in [1.165, 1.54) is 31.3 Å². The summed E-state index contributed by atoms with van der Waals surface area (Å²) in [6, 6.07) is 53.7. The molecule has 0 amide bonds. The number of thiophene rings is 1. The Balaban J connectivity index is 1.02. The summed E-state index contributed by atoms with van der Waals surface area (Å²) >= 11 is 1.84. The lowest BCUT2D eigenvalue weighted by atomic mass is 9.99. The van der Waals surface area contributed by atoms with Gasteiger partial charge in [0, 0.05) is 52.8 Å². The molecule has 6 heteroatoms.